The summed E-state index contributed by atoms with van der Waals surface area (Å²) in [7, 11) is 0. The number of nitrogens with one attached hydrogen (secondary N) is 1. The molecule has 1 fully saturated rings. The lowest BCUT2D eigenvalue weighted by Gasteiger charge is -2.16. The summed E-state index contributed by atoms with van der Waals surface area (Å²) in [5, 5.41) is 2.92. The van der Waals surface area contributed by atoms with Gasteiger partial charge < -0.3 is 10.2 Å². The third-order valence-corrected chi connectivity index (χ3v) is 4.71. The van der Waals surface area contributed by atoms with Crippen molar-refractivity contribution in [3.05, 3.63) is 72.2 Å². The van der Waals surface area contributed by atoms with Crippen molar-refractivity contribution in [3.8, 4) is 11.3 Å². The van der Waals surface area contributed by atoms with E-state index in [1.165, 1.54) is 0 Å². The highest BCUT2D eigenvalue weighted by molar-refractivity contribution is 6.05. The van der Waals surface area contributed by atoms with Crippen molar-refractivity contribution in [3.63, 3.8) is 0 Å². The number of carbonyl (C=O) groups is 2. The Morgan fingerprint density at radius 1 is 1.11 bits per heavy atom. The number of nitrogens with zero attached hydrogens (tertiary/aromatic N) is 3. The van der Waals surface area contributed by atoms with Gasteiger partial charge in [-0.3, -0.25) is 9.59 Å². The number of carbonyl (C=O) groups excluding carboxylic acids is 2. The van der Waals surface area contributed by atoms with Crippen LogP contribution in [0.3, 0.4) is 0 Å². The Morgan fingerprint density at radius 3 is 2.64 bits per heavy atom. The number of anilines is 2. The molecule has 0 bridgehead atoms. The lowest BCUT2D eigenvalue weighted by atomic mass is 10.1. The Bertz CT molecular complexity index is 1030. The molecular formula is C22H20N4O2. The molecule has 2 amide bonds. The Kier molecular flexibility index (Phi) is 4.85. The van der Waals surface area contributed by atoms with Crippen LogP contribution in [0.4, 0.5) is 11.4 Å². The molecule has 0 radical (unpaired) electrons. The van der Waals surface area contributed by atoms with Crippen LogP contribution in [0, 0.1) is 6.92 Å². The van der Waals surface area contributed by atoms with Crippen molar-refractivity contribution in [2.75, 3.05) is 16.8 Å². The van der Waals surface area contributed by atoms with Crippen molar-refractivity contribution in [2.45, 2.75) is 19.8 Å². The molecule has 1 aliphatic heterocycles. The summed E-state index contributed by atoms with van der Waals surface area (Å²) in [6.45, 7) is 2.58. The minimum absolute atomic E-state index is 0.133. The van der Waals surface area contributed by atoms with Gasteiger partial charge in [-0.15, -0.1) is 0 Å². The summed E-state index contributed by atoms with van der Waals surface area (Å²) in [4.78, 5) is 34.7. The SMILES string of the molecule is Cc1nccc(-c2cccc(NC(=O)c3ccc(N4CCCC4=O)cc3)c2)n1. The maximum absolute atomic E-state index is 12.6. The second kappa shape index (κ2) is 7.60. The van der Waals surface area contributed by atoms with Crippen molar-refractivity contribution >= 4 is 23.2 Å². The van der Waals surface area contributed by atoms with Gasteiger partial charge in [-0.2, -0.15) is 0 Å². The lowest BCUT2D eigenvalue weighted by Crippen LogP contribution is -2.23. The first-order valence-electron chi connectivity index (χ1n) is 9.22. The summed E-state index contributed by atoms with van der Waals surface area (Å²) < 4.78 is 0. The molecule has 0 spiro atoms. The van der Waals surface area contributed by atoms with E-state index in [1.807, 2.05) is 49.4 Å². The molecule has 2 heterocycles. The van der Waals surface area contributed by atoms with Crippen LogP contribution < -0.4 is 10.2 Å². The van der Waals surface area contributed by atoms with Crippen molar-refractivity contribution < 1.29 is 9.59 Å². The first kappa shape index (κ1) is 17.9. The second-order valence-corrected chi connectivity index (χ2v) is 6.72. The maximum Gasteiger partial charge on any atom is 0.255 e. The zero-order valence-corrected chi connectivity index (χ0v) is 15.6. The van der Waals surface area contributed by atoms with Crippen LogP contribution in [-0.2, 0) is 4.79 Å². The standard InChI is InChI=1S/C22H20N4O2/c1-15-23-12-11-20(24-15)17-4-2-5-18(14-17)25-22(28)16-7-9-19(10-8-16)26-13-3-6-21(26)27/h2,4-5,7-12,14H,3,6,13H2,1H3,(H,25,28). The molecule has 3 aromatic rings. The quantitative estimate of drug-likeness (QED) is 0.755. The van der Waals surface area contributed by atoms with Crippen LogP contribution in [0.15, 0.2) is 60.8 Å². The highest BCUT2D eigenvalue weighted by atomic mass is 16.2. The smallest absolute Gasteiger partial charge is 0.255 e. The third-order valence-electron chi connectivity index (χ3n) is 4.71. The zero-order chi connectivity index (χ0) is 19.5. The topological polar surface area (TPSA) is 75.2 Å². The van der Waals surface area contributed by atoms with Gasteiger partial charge in [0.05, 0.1) is 5.69 Å². The highest BCUT2D eigenvalue weighted by Gasteiger charge is 2.21. The summed E-state index contributed by atoms with van der Waals surface area (Å²) >= 11 is 0. The molecule has 2 aromatic carbocycles. The van der Waals surface area contributed by atoms with Gasteiger partial charge in [-0.25, -0.2) is 9.97 Å². The van der Waals surface area contributed by atoms with Crippen LogP contribution in [0.25, 0.3) is 11.3 Å². The van der Waals surface area contributed by atoms with Crippen LogP contribution >= 0.6 is 0 Å². The van der Waals surface area contributed by atoms with Crippen LogP contribution in [-0.4, -0.2) is 28.3 Å². The van der Waals surface area contributed by atoms with Gasteiger partial charge in [0.15, 0.2) is 0 Å². The lowest BCUT2D eigenvalue weighted by molar-refractivity contribution is -0.117. The van der Waals surface area contributed by atoms with Crippen LogP contribution in [0.5, 0.6) is 0 Å². The number of hydrogen-bond donors (Lipinski definition) is 1. The number of aromatic nitrogens is 2. The largest absolute Gasteiger partial charge is 0.322 e. The Labute approximate surface area is 163 Å². The van der Waals surface area contributed by atoms with E-state index < -0.39 is 0 Å². The number of benzene rings is 2. The van der Waals surface area contributed by atoms with E-state index in [0.717, 1.165) is 29.9 Å². The molecular weight excluding hydrogens is 352 g/mol. The molecule has 6 nitrogen and oxygen atoms in total. The minimum Gasteiger partial charge on any atom is -0.322 e. The van der Waals surface area contributed by atoms with Gasteiger partial charge in [0.2, 0.25) is 5.91 Å². The summed E-state index contributed by atoms with van der Waals surface area (Å²) in [5.41, 5.74) is 3.78. The molecule has 4 rings (SSSR count). The minimum atomic E-state index is -0.199. The molecule has 140 valence electrons. The number of amides is 2. The summed E-state index contributed by atoms with van der Waals surface area (Å²) in [6, 6.07) is 16.5. The van der Waals surface area contributed by atoms with E-state index >= 15 is 0 Å². The van der Waals surface area contributed by atoms with Gasteiger partial charge >= 0.3 is 0 Å². The fourth-order valence-corrected chi connectivity index (χ4v) is 3.29. The van der Waals surface area contributed by atoms with Gasteiger partial charge in [-0.1, -0.05) is 12.1 Å². The molecule has 6 heteroatoms. The van der Waals surface area contributed by atoms with Gasteiger partial charge in [0, 0.05) is 41.7 Å². The van der Waals surface area contributed by atoms with E-state index in [9.17, 15) is 9.59 Å². The first-order valence-corrected chi connectivity index (χ1v) is 9.22. The first-order chi connectivity index (χ1) is 13.6. The van der Waals surface area contributed by atoms with Crippen molar-refractivity contribution in [1.82, 2.24) is 9.97 Å². The second-order valence-electron chi connectivity index (χ2n) is 6.72. The number of rotatable bonds is 4. The Balaban J connectivity index is 1.49. The molecule has 0 saturated carbocycles. The monoisotopic (exact) mass is 372 g/mol. The van der Waals surface area contributed by atoms with E-state index in [0.29, 0.717) is 23.5 Å². The molecule has 0 aliphatic carbocycles. The van der Waals surface area contributed by atoms with Crippen molar-refractivity contribution in [1.29, 1.82) is 0 Å². The van der Waals surface area contributed by atoms with Crippen LogP contribution in [0.2, 0.25) is 0 Å². The zero-order valence-electron chi connectivity index (χ0n) is 15.6. The Hall–Kier alpha value is -3.54. The summed E-state index contributed by atoms with van der Waals surface area (Å²) in [6.07, 6.45) is 3.18. The van der Waals surface area contributed by atoms with Gasteiger partial charge in [-0.05, 0) is 55.8 Å². The average Bonchev–Trinajstić information content (AvgIpc) is 3.14. The average molecular weight is 372 g/mol. The third kappa shape index (κ3) is 3.76. The van der Waals surface area contributed by atoms with Gasteiger partial charge in [0.1, 0.15) is 5.82 Å². The van der Waals surface area contributed by atoms with E-state index in [1.54, 1.807) is 23.2 Å². The number of hydrogen-bond acceptors (Lipinski definition) is 4. The van der Waals surface area contributed by atoms with Crippen molar-refractivity contribution in [2.24, 2.45) is 0 Å². The molecule has 1 N–H and O–H groups in total. The summed E-state index contributed by atoms with van der Waals surface area (Å²) in [5.74, 6) is 0.632. The van der Waals surface area contributed by atoms with E-state index in [2.05, 4.69) is 15.3 Å². The molecule has 1 saturated heterocycles. The predicted molar refractivity (Wildman–Crippen MR) is 108 cm³/mol. The fraction of sp³-hybridized carbons (Fsp3) is 0.182. The van der Waals surface area contributed by atoms with E-state index in [-0.39, 0.29) is 11.8 Å². The molecule has 0 atom stereocenters. The normalized spacial score (nSPS) is 13.6. The molecule has 0 unspecified atom stereocenters. The Morgan fingerprint density at radius 2 is 1.93 bits per heavy atom. The van der Waals surface area contributed by atoms with E-state index in [4.69, 9.17) is 0 Å². The van der Waals surface area contributed by atoms with Crippen LogP contribution in [0.1, 0.15) is 29.0 Å². The highest BCUT2D eigenvalue weighted by Crippen LogP contribution is 2.23. The van der Waals surface area contributed by atoms with Gasteiger partial charge in [0.25, 0.3) is 5.91 Å². The maximum atomic E-state index is 12.6. The predicted octanol–water partition coefficient (Wildman–Crippen LogP) is 3.83. The molecule has 28 heavy (non-hydrogen) atoms. The number of aryl methyl sites for hydroxylation is 1. The fourth-order valence-electron chi connectivity index (χ4n) is 3.29. The molecule has 1 aromatic heterocycles. The molecule has 1 aliphatic rings.